The molecule has 1 aliphatic carbocycles. The maximum atomic E-state index is 15.0. The smallest absolute Gasteiger partial charge is 0.328 e. The number of benzene rings is 1. The highest BCUT2D eigenvalue weighted by Crippen LogP contribution is 2.40. The van der Waals surface area contributed by atoms with Crippen LogP contribution in [-0.4, -0.2) is 152 Å². The van der Waals surface area contributed by atoms with Crippen LogP contribution in [0.5, 0.6) is 0 Å². The molecule has 9 atom stereocenters. The van der Waals surface area contributed by atoms with E-state index in [1.54, 1.807) is 85.7 Å². The molecule has 0 aromatic heterocycles. The minimum absolute atomic E-state index is 0.0483. The normalized spacial score (nSPS) is 16.7. The van der Waals surface area contributed by atoms with Crippen LogP contribution in [0.1, 0.15) is 180 Å². The number of methoxy groups -OCH3 is 1. The zero-order chi connectivity index (χ0) is 65.7. The van der Waals surface area contributed by atoms with Gasteiger partial charge in [0.2, 0.25) is 41.4 Å². The average Bonchev–Trinajstić information content (AvgIpc) is 1.05. The van der Waals surface area contributed by atoms with Gasteiger partial charge in [-0.2, -0.15) is 0 Å². The first-order valence-electron chi connectivity index (χ1n) is 30.3. The Bertz CT molecular complexity index is 2430. The SMILES string of the molecule is CNC(=O)C[C@H](NC(=O)[C@@H](NC(=O)[C@@H](N)CCC(=O)OC(C)(C)C)C(C)C)C(=O)N[C@@H](CC1CCCCC1)[C@H](C[C@H](C(=O)N[C@H](C)C(=O)N[C@H](CCC(=O)OC(C)(C)C)C(=O)N[C@H](Cc1ccccc1)C(=O)OC)C(C)(C)O)O[Si](C)(C)C(C)(C)C. The van der Waals surface area contributed by atoms with E-state index in [9.17, 15) is 53.1 Å². The number of carbonyl (C=O) groups excluding carboxylic acids is 10. The molecule has 1 fully saturated rings. The molecular formula is C62H106N8O15Si. The van der Waals surface area contributed by atoms with Crippen molar-refractivity contribution in [2.24, 2.45) is 23.5 Å². The lowest BCUT2D eigenvalue weighted by Crippen LogP contribution is -2.61. The van der Waals surface area contributed by atoms with E-state index < -0.39 is 156 Å². The third-order valence-electron chi connectivity index (χ3n) is 15.5. The summed E-state index contributed by atoms with van der Waals surface area (Å²) in [5, 5.41) is 30.6. The Morgan fingerprint density at radius 3 is 1.67 bits per heavy atom. The first-order chi connectivity index (χ1) is 39.6. The van der Waals surface area contributed by atoms with Gasteiger partial charge in [-0.15, -0.1) is 0 Å². The van der Waals surface area contributed by atoms with Gasteiger partial charge in [0.25, 0.3) is 0 Å². The van der Waals surface area contributed by atoms with Crippen molar-refractivity contribution in [3.63, 3.8) is 0 Å². The second-order valence-electron chi connectivity index (χ2n) is 27.3. The van der Waals surface area contributed by atoms with Gasteiger partial charge in [-0.1, -0.05) is 97.1 Å². The lowest BCUT2D eigenvalue weighted by molar-refractivity contribution is -0.156. The van der Waals surface area contributed by atoms with Crippen LogP contribution in [0.25, 0.3) is 0 Å². The highest BCUT2D eigenvalue weighted by molar-refractivity contribution is 6.74. The number of nitrogens with one attached hydrogen (secondary N) is 7. The number of esters is 3. The highest BCUT2D eigenvalue weighted by Gasteiger charge is 2.46. The van der Waals surface area contributed by atoms with Crippen molar-refractivity contribution in [2.75, 3.05) is 14.2 Å². The van der Waals surface area contributed by atoms with Crippen LogP contribution >= 0.6 is 0 Å². The van der Waals surface area contributed by atoms with Crippen molar-refractivity contribution in [3.05, 3.63) is 35.9 Å². The molecule has 0 saturated heterocycles. The first-order valence-corrected chi connectivity index (χ1v) is 33.2. The predicted molar refractivity (Wildman–Crippen MR) is 329 cm³/mol. The monoisotopic (exact) mass is 1230 g/mol. The number of rotatable bonds is 32. The van der Waals surface area contributed by atoms with E-state index in [4.69, 9.17) is 24.4 Å². The molecule has 0 heterocycles. The number of nitrogens with two attached hydrogens (primary N) is 1. The molecule has 1 aliphatic rings. The number of hydrogen-bond donors (Lipinski definition) is 9. The maximum Gasteiger partial charge on any atom is 0.328 e. The Labute approximate surface area is 511 Å². The quantitative estimate of drug-likeness (QED) is 0.0265. The van der Waals surface area contributed by atoms with Gasteiger partial charge >= 0.3 is 17.9 Å². The molecule has 0 radical (unpaired) electrons. The van der Waals surface area contributed by atoms with E-state index in [1.165, 1.54) is 34.9 Å². The number of carbonyl (C=O) groups is 10. The molecule has 1 aromatic carbocycles. The Morgan fingerprint density at radius 1 is 0.651 bits per heavy atom. The van der Waals surface area contributed by atoms with Crippen LogP contribution < -0.4 is 43.0 Å². The van der Waals surface area contributed by atoms with Gasteiger partial charge in [0.05, 0.1) is 43.2 Å². The van der Waals surface area contributed by atoms with Gasteiger partial charge in [-0.3, -0.25) is 43.2 Å². The van der Waals surface area contributed by atoms with Crippen molar-refractivity contribution in [2.45, 2.75) is 264 Å². The van der Waals surface area contributed by atoms with Gasteiger partial charge < -0.3 is 66.7 Å². The average molecular weight is 1230 g/mol. The van der Waals surface area contributed by atoms with E-state index in [-0.39, 0.29) is 44.4 Å². The van der Waals surface area contributed by atoms with Gasteiger partial charge in [0.15, 0.2) is 8.32 Å². The minimum atomic E-state index is -2.86. The topological polar surface area (TPSA) is 338 Å². The zero-order valence-electron chi connectivity index (χ0n) is 54.7. The fourth-order valence-electron chi connectivity index (χ4n) is 9.58. The molecule has 24 heteroatoms. The zero-order valence-corrected chi connectivity index (χ0v) is 55.7. The van der Waals surface area contributed by atoms with Crippen LogP contribution in [-0.2, 0) is 73.0 Å². The van der Waals surface area contributed by atoms with Gasteiger partial charge in [0, 0.05) is 26.3 Å². The predicted octanol–water partition coefficient (Wildman–Crippen LogP) is 4.83. The van der Waals surface area contributed by atoms with Crippen molar-refractivity contribution in [1.82, 2.24) is 37.2 Å². The Morgan fingerprint density at radius 2 is 1.17 bits per heavy atom. The Kier molecular flexibility index (Phi) is 30.1. The third-order valence-corrected chi connectivity index (χ3v) is 20.0. The summed E-state index contributed by atoms with van der Waals surface area (Å²) < 4.78 is 23.1. The molecule has 7 amide bonds. The summed E-state index contributed by atoms with van der Waals surface area (Å²) in [4.78, 5) is 137. The summed E-state index contributed by atoms with van der Waals surface area (Å²) in [6.45, 7) is 27.9. The molecule has 0 aliphatic heterocycles. The summed E-state index contributed by atoms with van der Waals surface area (Å²) in [7, 11) is -0.302. The molecule has 23 nitrogen and oxygen atoms in total. The Hall–Kier alpha value is -5.98. The second-order valence-corrected chi connectivity index (χ2v) is 32.1. The van der Waals surface area contributed by atoms with Gasteiger partial charge in [-0.05, 0) is 124 Å². The summed E-state index contributed by atoms with van der Waals surface area (Å²) in [5.41, 5.74) is 3.50. The van der Waals surface area contributed by atoms with E-state index in [0.717, 1.165) is 32.1 Å². The standard InChI is InChI=1S/C62H106N8O15Si/c1-37(2)51(70-54(76)42(63)29-31-49(72)83-59(4,5)6)57(79)68-45(36-48(71)64-15)56(78)67-44(33-39-25-21-19-22-26-39)47(85-86(17,18)61(10,11)12)35-41(62(13,14)81)53(75)65-38(3)52(74)66-43(30-32-50(73)84-60(7,8)9)55(77)69-46(58(80)82-16)34-40-27-23-20-24-28-40/h20,23-24,27-28,37-39,41-47,51,81H,19,21-22,25-26,29-36,63H2,1-18H3,(H,64,71)(H,65,75)(H,66,74)(H,67,78)(H,68,79)(H,69,77)(H,70,76)/t38-,41-,42+,43-,44+,45+,46-,47+,51+/m1/s1. The van der Waals surface area contributed by atoms with Crippen LogP contribution in [0.4, 0.5) is 0 Å². The van der Waals surface area contributed by atoms with E-state index >= 15 is 0 Å². The van der Waals surface area contributed by atoms with E-state index in [2.05, 4.69) is 37.2 Å². The van der Waals surface area contributed by atoms with Crippen LogP contribution in [0.2, 0.25) is 18.1 Å². The molecule has 86 heavy (non-hydrogen) atoms. The maximum absolute atomic E-state index is 15.0. The first kappa shape index (κ1) is 76.1. The minimum Gasteiger partial charge on any atom is -0.467 e. The second kappa shape index (κ2) is 34.0. The molecule has 488 valence electrons. The summed E-state index contributed by atoms with van der Waals surface area (Å²) in [6.07, 6.45) is 2.43. The molecule has 1 aromatic rings. The summed E-state index contributed by atoms with van der Waals surface area (Å²) >= 11 is 0. The lowest BCUT2D eigenvalue weighted by atomic mass is 9.79. The van der Waals surface area contributed by atoms with Gasteiger partial charge in [-0.25, -0.2) is 4.79 Å². The largest absolute Gasteiger partial charge is 0.467 e. The van der Waals surface area contributed by atoms with Gasteiger partial charge in [0.1, 0.15) is 41.4 Å². The number of amides is 7. The number of aliphatic hydroxyl groups is 1. The van der Waals surface area contributed by atoms with Crippen LogP contribution in [0.3, 0.4) is 0 Å². The van der Waals surface area contributed by atoms with Crippen LogP contribution in [0.15, 0.2) is 30.3 Å². The van der Waals surface area contributed by atoms with Crippen molar-refractivity contribution < 1.29 is 71.7 Å². The van der Waals surface area contributed by atoms with E-state index in [0.29, 0.717) is 12.0 Å². The molecule has 2 rings (SSSR count). The fourth-order valence-corrected chi connectivity index (χ4v) is 10.9. The van der Waals surface area contributed by atoms with Crippen molar-refractivity contribution in [1.29, 1.82) is 0 Å². The van der Waals surface area contributed by atoms with Crippen LogP contribution in [0, 0.1) is 17.8 Å². The molecular weight excluding hydrogens is 1120 g/mol. The molecule has 10 N–H and O–H groups in total. The third kappa shape index (κ3) is 27.4. The molecule has 1 saturated carbocycles. The highest BCUT2D eigenvalue weighted by atomic mass is 28.4. The van der Waals surface area contributed by atoms with Crippen molar-refractivity contribution >= 4 is 67.6 Å². The lowest BCUT2D eigenvalue weighted by Gasteiger charge is -2.44. The van der Waals surface area contributed by atoms with Crippen molar-refractivity contribution in [3.8, 4) is 0 Å². The number of hydrogen-bond acceptors (Lipinski definition) is 16. The Balaban J connectivity index is 2.64. The molecule has 0 bridgehead atoms. The fraction of sp³-hybridized carbons (Fsp3) is 0.742. The number of ether oxygens (including phenoxy) is 3. The summed E-state index contributed by atoms with van der Waals surface area (Å²) in [5.74, 6) is -9.00. The summed E-state index contributed by atoms with van der Waals surface area (Å²) in [6, 6.07) is 0.114. The molecule has 0 spiro atoms. The molecule has 0 unspecified atom stereocenters. The van der Waals surface area contributed by atoms with E-state index in [1.807, 2.05) is 33.9 Å².